The maximum atomic E-state index is 12.5. The zero-order valence-corrected chi connectivity index (χ0v) is 13.1. The fourth-order valence-corrected chi connectivity index (χ4v) is 3.96. The quantitative estimate of drug-likeness (QED) is 0.848. The third-order valence-corrected chi connectivity index (χ3v) is 5.84. The molecular formula is C13H24N4O2S. The molecule has 0 radical (unpaired) electrons. The van der Waals surface area contributed by atoms with E-state index in [1.54, 1.807) is 15.2 Å². The Labute approximate surface area is 121 Å². The van der Waals surface area contributed by atoms with Crippen molar-refractivity contribution >= 4 is 10.0 Å². The number of hydrogen-bond donors (Lipinski definition) is 1. The smallest absolute Gasteiger partial charge is 0.246 e. The van der Waals surface area contributed by atoms with Crippen LogP contribution in [-0.2, 0) is 16.6 Å². The lowest BCUT2D eigenvalue weighted by Gasteiger charge is -2.30. The van der Waals surface area contributed by atoms with E-state index in [2.05, 4.69) is 17.3 Å². The zero-order chi connectivity index (χ0) is 14.6. The van der Waals surface area contributed by atoms with Gasteiger partial charge in [-0.05, 0) is 25.8 Å². The summed E-state index contributed by atoms with van der Waals surface area (Å²) in [7, 11) is -1.51. The second-order valence-electron chi connectivity index (χ2n) is 5.30. The SMILES string of the molecule is CCC1CCN(S(=O)(=O)c2cnn(CCNC)c2)CC1. The van der Waals surface area contributed by atoms with Gasteiger partial charge < -0.3 is 5.32 Å². The lowest BCUT2D eigenvalue weighted by molar-refractivity contribution is 0.269. The van der Waals surface area contributed by atoms with Gasteiger partial charge >= 0.3 is 0 Å². The Kier molecular flexibility index (Phi) is 5.17. The van der Waals surface area contributed by atoms with E-state index < -0.39 is 10.0 Å². The Morgan fingerprint density at radius 1 is 1.40 bits per heavy atom. The summed E-state index contributed by atoms with van der Waals surface area (Å²) in [6, 6.07) is 0. The second-order valence-corrected chi connectivity index (χ2v) is 7.24. The third-order valence-electron chi connectivity index (χ3n) is 3.99. The molecule has 0 unspecified atom stereocenters. The first kappa shape index (κ1) is 15.5. The van der Waals surface area contributed by atoms with Crippen LogP contribution in [0, 0.1) is 5.92 Å². The van der Waals surface area contributed by atoms with E-state index in [0.29, 0.717) is 30.4 Å². The number of nitrogens with zero attached hydrogens (tertiary/aromatic N) is 3. The highest BCUT2D eigenvalue weighted by Crippen LogP contribution is 2.25. The first-order valence-electron chi connectivity index (χ1n) is 7.25. The van der Waals surface area contributed by atoms with Crippen LogP contribution in [0.1, 0.15) is 26.2 Å². The summed E-state index contributed by atoms with van der Waals surface area (Å²) in [6.07, 6.45) is 6.14. The van der Waals surface area contributed by atoms with E-state index in [0.717, 1.165) is 25.8 Å². The first-order valence-corrected chi connectivity index (χ1v) is 8.69. The molecule has 0 aromatic carbocycles. The number of aromatic nitrogens is 2. The van der Waals surface area contributed by atoms with Gasteiger partial charge in [-0.3, -0.25) is 4.68 Å². The summed E-state index contributed by atoms with van der Waals surface area (Å²) in [5, 5.41) is 7.13. The van der Waals surface area contributed by atoms with E-state index in [1.807, 2.05) is 7.05 Å². The molecule has 1 saturated heterocycles. The van der Waals surface area contributed by atoms with Crippen molar-refractivity contribution in [3.63, 3.8) is 0 Å². The Morgan fingerprint density at radius 2 is 2.10 bits per heavy atom. The van der Waals surface area contributed by atoms with Gasteiger partial charge in [0.05, 0.1) is 12.7 Å². The maximum Gasteiger partial charge on any atom is 0.246 e. The largest absolute Gasteiger partial charge is 0.318 e. The number of sulfonamides is 1. The maximum absolute atomic E-state index is 12.5. The molecule has 2 heterocycles. The van der Waals surface area contributed by atoms with Crippen LogP contribution in [0.3, 0.4) is 0 Å². The van der Waals surface area contributed by atoms with Crippen molar-refractivity contribution in [1.29, 1.82) is 0 Å². The summed E-state index contributed by atoms with van der Waals surface area (Å²) in [5.74, 6) is 0.666. The van der Waals surface area contributed by atoms with Gasteiger partial charge in [-0.25, -0.2) is 8.42 Å². The second kappa shape index (κ2) is 6.69. The predicted molar refractivity (Wildman–Crippen MR) is 77.9 cm³/mol. The van der Waals surface area contributed by atoms with Gasteiger partial charge in [0.25, 0.3) is 0 Å². The Hall–Kier alpha value is -0.920. The first-order chi connectivity index (χ1) is 9.57. The number of rotatable bonds is 6. The van der Waals surface area contributed by atoms with Crippen molar-refractivity contribution < 1.29 is 8.42 Å². The van der Waals surface area contributed by atoms with Crippen LogP contribution < -0.4 is 5.32 Å². The minimum atomic E-state index is -3.37. The van der Waals surface area contributed by atoms with Crippen LogP contribution in [0.15, 0.2) is 17.3 Å². The van der Waals surface area contributed by atoms with Crippen LogP contribution >= 0.6 is 0 Å². The molecule has 1 aliphatic rings. The lowest BCUT2D eigenvalue weighted by Crippen LogP contribution is -2.38. The molecule has 1 aliphatic heterocycles. The van der Waals surface area contributed by atoms with Crippen molar-refractivity contribution in [3.05, 3.63) is 12.4 Å². The highest BCUT2D eigenvalue weighted by Gasteiger charge is 2.29. The molecule has 2 rings (SSSR count). The molecule has 0 aliphatic carbocycles. The van der Waals surface area contributed by atoms with Crippen LogP contribution in [0.2, 0.25) is 0 Å². The van der Waals surface area contributed by atoms with E-state index in [1.165, 1.54) is 6.20 Å². The fourth-order valence-electron chi connectivity index (χ4n) is 2.53. The van der Waals surface area contributed by atoms with Crippen LogP contribution in [-0.4, -0.2) is 49.2 Å². The molecule has 0 amide bonds. The van der Waals surface area contributed by atoms with E-state index in [-0.39, 0.29) is 0 Å². The monoisotopic (exact) mass is 300 g/mol. The van der Waals surface area contributed by atoms with Crippen molar-refractivity contribution in [2.75, 3.05) is 26.7 Å². The van der Waals surface area contributed by atoms with Crippen LogP contribution in [0.5, 0.6) is 0 Å². The minimum absolute atomic E-state index is 0.309. The summed E-state index contributed by atoms with van der Waals surface area (Å²) in [5.41, 5.74) is 0. The average Bonchev–Trinajstić information content (AvgIpc) is 2.94. The Morgan fingerprint density at radius 3 is 2.70 bits per heavy atom. The van der Waals surface area contributed by atoms with Crippen molar-refractivity contribution in [1.82, 2.24) is 19.4 Å². The molecule has 1 aromatic heterocycles. The molecule has 0 atom stereocenters. The molecule has 0 saturated carbocycles. The minimum Gasteiger partial charge on any atom is -0.318 e. The van der Waals surface area contributed by atoms with Crippen LogP contribution in [0.25, 0.3) is 0 Å². The standard InChI is InChI=1S/C13H24N4O2S/c1-3-12-4-7-17(8-5-12)20(18,19)13-10-15-16(11-13)9-6-14-2/h10-12,14H,3-9H2,1-2H3. The van der Waals surface area contributed by atoms with Crippen molar-refractivity contribution in [3.8, 4) is 0 Å². The molecule has 114 valence electrons. The molecular weight excluding hydrogens is 276 g/mol. The van der Waals surface area contributed by atoms with Gasteiger partial charge in [0.2, 0.25) is 10.0 Å². The van der Waals surface area contributed by atoms with E-state index >= 15 is 0 Å². The fraction of sp³-hybridized carbons (Fsp3) is 0.769. The molecule has 7 heteroatoms. The molecule has 0 bridgehead atoms. The van der Waals surface area contributed by atoms with Crippen LogP contribution in [0.4, 0.5) is 0 Å². The third kappa shape index (κ3) is 3.39. The van der Waals surface area contributed by atoms with Gasteiger partial charge in [0.1, 0.15) is 4.90 Å². The highest BCUT2D eigenvalue weighted by molar-refractivity contribution is 7.89. The number of nitrogens with one attached hydrogen (secondary N) is 1. The summed E-state index contributed by atoms with van der Waals surface area (Å²) in [4.78, 5) is 0.309. The summed E-state index contributed by atoms with van der Waals surface area (Å²) >= 11 is 0. The summed E-state index contributed by atoms with van der Waals surface area (Å²) < 4.78 is 28.3. The normalized spacial score (nSPS) is 18.5. The lowest BCUT2D eigenvalue weighted by atomic mass is 9.96. The summed E-state index contributed by atoms with van der Waals surface area (Å²) in [6.45, 7) is 4.86. The van der Waals surface area contributed by atoms with Gasteiger partial charge in [-0.2, -0.15) is 9.40 Å². The van der Waals surface area contributed by atoms with E-state index in [9.17, 15) is 8.42 Å². The predicted octanol–water partition coefficient (Wildman–Crippen LogP) is 0.913. The molecule has 6 nitrogen and oxygen atoms in total. The molecule has 1 aromatic rings. The van der Waals surface area contributed by atoms with Gasteiger partial charge in [0, 0.05) is 25.8 Å². The number of piperidine rings is 1. The molecule has 0 spiro atoms. The number of likely N-dealkylation sites (N-methyl/N-ethyl adjacent to an activating group) is 1. The van der Waals surface area contributed by atoms with Crippen molar-refractivity contribution in [2.45, 2.75) is 37.6 Å². The van der Waals surface area contributed by atoms with Gasteiger partial charge in [-0.1, -0.05) is 13.3 Å². The van der Waals surface area contributed by atoms with Gasteiger partial charge in [0.15, 0.2) is 0 Å². The Bertz CT molecular complexity index is 518. The highest BCUT2D eigenvalue weighted by atomic mass is 32.2. The van der Waals surface area contributed by atoms with E-state index in [4.69, 9.17) is 0 Å². The Balaban J connectivity index is 2.04. The molecule has 1 fully saturated rings. The number of hydrogen-bond acceptors (Lipinski definition) is 4. The zero-order valence-electron chi connectivity index (χ0n) is 12.2. The molecule has 1 N–H and O–H groups in total. The van der Waals surface area contributed by atoms with Gasteiger partial charge in [-0.15, -0.1) is 0 Å². The molecule has 20 heavy (non-hydrogen) atoms. The topological polar surface area (TPSA) is 67.2 Å². The average molecular weight is 300 g/mol. The van der Waals surface area contributed by atoms with Crippen molar-refractivity contribution in [2.24, 2.45) is 5.92 Å².